The molecule has 0 radical (unpaired) electrons. The molecule has 10 nitrogen and oxygen atoms in total. The molecule has 0 aromatic rings. The van der Waals surface area contributed by atoms with Gasteiger partial charge in [0.25, 0.3) is 0 Å². The Morgan fingerprint density at radius 3 is 1.47 bits per heavy atom. The first-order valence-corrected chi connectivity index (χ1v) is 4.96. The lowest BCUT2D eigenvalue weighted by atomic mass is 10.3. The Kier molecular flexibility index (Phi) is 16.9. The van der Waals surface area contributed by atoms with Gasteiger partial charge in [0.15, 0.2) is 0 Å². The summed E-state index contributed by atoms with van der Waals surface area (Å²) >= 11 is 0. The van der Waals surface area contributed by atoms with E-state index in [4.69, 9.17) is 26.2 Å². The molecule has 0 saturated heterocycles. The number of rotatable bonds is 5. The quantitative estimate of drug-likeness (QED) is 0.304. The van der Waals surface area contributed by atoms with E-state index in [1.807, 2.05) is 0 Å². The maximum absolute atomic E-state index is 9.77. The van der Waals surface area contributed by atoms with Gasteiger partial charge in [-0.05, 0) is 14.1 Å². The molecular formula is C9H21N3O7. The van der Waals surface area contributed by atoms with E-state index in [1.54, 1.807) is 19.0 Å². The van der Waals surface area contributed by atoms with Crippen molar-refractivity contribution in [1.82, 2.24) is 4.90 Å². The number of likely N-dealkylation sites (N-methyl/N-ethyl adjacent to an activating group) is 1. The van der Waals surface area contributed by atoms with Crippen molar-refractivity contribution in [3.8, 4) is 0 Å². The molecule has 0 aromatic heterocycles. The first-order valence-electron chi connectivity index (χ1n) is 4.96. The molecular weight excluding hydrogens is 262 g/mol. The van der Waals surface area contributed by atoms with E-state index in [-0.39, 0.29) is 13.1 Å². The monoisotopic (exact) mass is 283 g/mol. The number of aliphatic hydroxyl groups excluding tert-OH is 1. The molecule has 0 saturated carbocycles. The molecule has 0 aliphatic carbocycles. The number of hydrogen-bond donors (Lipinski definition) is 6. The standard InChI is InChI=1S/C4H9NO2.C3H7NO3.C2H5NO2/c1-5(2)3-4(6)7;4-2(1-5)3(6)7;3-1-2(4)5/h3H2,1-2H3,(H,6,7);2,5H,1,4H2,(H,6,7);1,3H2,(H,4,5)/t;2-;/m.0./s1. The maximum Gasteiger partial charge on any atom is 0.322 e. The second-order valence-corrected chi connectivity index (χ2v) is 3.36. The number of carbonyl (C=O) groups is 3. The maximum atomic E-state index is 9.77. The molecule has 0 aliphatic heterocycles. The zero-order valence-electron chi connectivity index (χ0n) is 10.8. The van der Waals surface area contributed by atoms with Crippen LogP contribution < -0.4 is 11.5 Å². The van der Waals surface area contributed by atoms with E-state index >= 15 is 0 Å². The zero-order chi connectivity index (χ0) is 16.0. The molecule has 19 heavy (non-hydrogen) atoms. The van der Waals surface area contributed by atoms with Gasteiger partial charge >= 0.3 is 17.9 Å². The van der Waals surface area contributed by atoms with Crippen LogP contribution in [-0.2, 0) is 14.4 Å². The molecule has 8 N–H and O–H groups in total. The first-order chi connectivity index (χ1) is 8.58. The van der Waals surface area contributed by atoms with Crippen LogP contribution in [0.5, 0.6) is 0 Å². The Bertz CT molecular complexity index is 271. The molecule has 0 aromatic carbocycles. The molecule has 0 unspecified atom stereocenters. The summed E-state index contributed by atoms with van der Waals surface area (Å²) in [5.74, 6) is -2.93. The molecule has 1 atom stereocenters. The van der Waals surface area contributed by atoms with E-state index in [0.29, 0.717) is 0 Å². The predicted molar refractivity (Wildman–Crippen MR) is 65.6 cm³/mol. The highest BCUT2D eigenvalue weighted by atomic mass is 16.4. The van der Waals surface area contributed by atoms with Gasteiger partial charge in [0.05, 0.1) is 19.7 Å². The Morgan fingerprint density at radius 1 is 1.11 bits per heavy atom. The molecule has 0 spiro atoms. The number of carboxylic acids is 3. The first kappa shape index (κ1) is 22.4. The summed E-state index contributed by atoms with van der Waals surface area (Å²) in [5.41, 5.74) is 9.34. The Labute approximate surface area is 110 Å². The normalized spacial score (nSPS) is 10.4. The highest BCUT2D eigenvalue weighted by molar-refractivity contribution is 5.73. The van der Waals surface area contributed by atoms with E-state index < -0.39 is 30.6 Å². The minimum absolute atomic E-state index is 0.111. The van der Waals surface area contributed by atoms with Crippen molar-refractivity contribution in [3.63, 3.8) is 0 Å². The van der Waals surface area contributed by atoms with Crippen LogP contribution in [0.1, 0.15) is 0 Å². The Balaban J connectivity index is -0.000000206. The van der Waals surface area contributed by atoms with Crippen molar-refractivity contribution in [2.75, 3.05) is 33.8 Å². The average molecular weight is 283 g/mol. The van der Waals surface area contributed by atoms with Gasteiger partial charge < -0.3 is 31.9 Å². The van der Waals surface area contributed by atoms with Crippen LogP contribution in [0.4, 0.5) is 0 Å². The second kappa shape index (κ2) is 14.3. The van der Waals surface area contributed by atoms with Crippen molar-refractivity contribution in [3.05, 3.63) is 0 Å². The fourth-order valence-electron chi connectivity index (χ4n) is 0.349. The minimum Gasteiger partial charge on any atom is -0.480 e. The van der Waals surface area contributed by atoms with Crippen LogP contribution >= 0.6 is 0 Å². The van der Waals surface area contributed by atoms with E-state index in [0.717, 1.165) is 0 Å². The third-order valence-corrected chi connectivity index (χ3v) is 1.14. The molecule has 0 fully saturated rings. The largest absolute Gasteiger partial charge is 0.480 e. The Hall–Kier alpha value is -1.75. The third-order valence-electron chi connectivity index (χ3n) is 1.14. The fourth-order valence-corrected chi connectivity index (χ4v) is 0.349. The second-order valence-electron chi connectivity index (χ2n) is 3.36. The zero-order valence-corrected chi connectivity index (χ0v) is 10.8. The summed E-state index contributed by atoms with van der Waals surface area (Å²) in [6.45, 7) is -0.671. The summed E-state index contributed by atoms with van der Waals surface area (Å²) in [4.78, 5) is 30.3. The topological polar surface area (TPSA) is 187 Å². The van der Waals surface area contributed by atoms with Crippen LogP contribution in [-0.4, -0.2) is 83.1 Å². The predicted octanol–water partition coefficient (Wildman–Crippen LogP) is -2.95. The van der Waals surface area contributed by atoms with Gasteiger partial charge in [0.2, 0.25) is 0 Å². The average Bonchev–Trinajstić information content (AvgIpc) is 2.27. The Morgan fingerprint density at radius 2 is 1.47 bits per heavy atom. The molecule has 0 bridgehead atoms. The molecule has 0 rings (SSSR count). The molecule has 10 heteroatoms. The third kappa shape index (κ3) is 31.4. The van der Waals surface area contributed by atoms with E-state index in [2.05, 4.69) is 5.73 Å². The summed E-state index contributed by atoms with van der Waals surface area (Å²) < 4.78 is 0. The number of carboxylic acid groups (broad SMARTS) is 3. The van der Waals surface area contributed by atoms with Gasteiger partial charge in [-0.2, -0.15) is 0 Å². The fraction of sp³-hybridized carbons (Fsp3) is 0.667. The molecule has 0 amide bonds. The minimum atomic E-state index is -1.18. The van der Waals surface area contributed by atoms with Crippen LogP contribution in [0, 0.1) is 0 Å². The molecule has 0 aliphatic rings. The number of nitrogens with zero attached hydrogens (tertiary/aromatic N) is 1. The summed E-state index contributed by atoms with van der Waals surface area (Å²) in [5, 5.41) is 31.5. The van der Waals surface area contributed by atoms with Crippen molar-refractivity contribution in [1.29, 1.82) is 0 Å². The summed E-state index contributed by atoms with van der Waals surface area (Å²) in [6, 6.07) is -1.13. The van der Waals surface area contributed by atoms with Crippen molar-refractivity contribution < 1.29 is 34.8 Å². The molecule has 0 heterocycles. The van der Waals surface area contributed by atoms with Gasteiger partial charge in [0, 0.05) is 0 Å². The summed E-state index contributed by atoms with van der Waals surface area (Å²) in [6.07, 6.45) is 0. The molecule has 114 valence electrons. The van der Waals surface area contributed by atoms with E-state index in [1.165, 1.54) is 0 Å². The van der Waals surface area contributed by atoms with Crippen molar-refractivity contribution in [2.24, 2.45) is 11.5 Å². The number of hydrogen-bond acceptors (Lipinski definition) is 7. The van der Waals surface area contributed by atoms with Crippen LogP contribution in [0.25, 0.3) is 0 Å². The van der Waals surface area contributed by atoms with Gasteiger partial charge in [-0.3, -0.25) is 19.3 Å². The van der Waals surface area contributed by atoms with Crippen LogP contribution in [0.3, 0.4) is 0 Å². The van der Waals surface area contributed by atoms with Gasteiger partial charge in [-0.1, -0.05) is 0 Å². The highest BCUT2D eigenvalue weighted by Gasteiger charge is 2.07. The number of aliphatic hydroxyl groups is 1. The highest BCUT2D eigenvalue weighted by Crippen LogP contribution is 1.71. The lowest BCUT2D eigenvalue weighted by Crippen LogP contribution is -2.33. The lowest BCUT2D eigenvalue weighted by Gasteiger charge is -2.01. The van der Waals surface area contributed by atoms with Crippen LogP contribution in [0.15, 0.2) is 0 Å². The SMILES string of the molecule is CN(C)CC(=O)O.NCC(=O)O.N[C@@H](CO)C(=O)O. The lowest BCUT2D eigenvalue weighted by molar-refractivity contribution is -0.139. The van der Waals surface area contributed by atoms with Crippen LogP contribution in [0.2, 0.25) is 0 Å². The van der Waals surface area contributed by atoms with Crippen molar-refractivity contribution >= 4 is 17.9 Å². The van der Waals surface area contributed by atoms with Gasteiger partial charge in [-0.15, -0.1) is 0 Å². The smallest absolute Gasteiger partial charge is 0.322 e. The van der Waals surface area contributed by atoms with Crippen molar-refractivity contribution in [2.45, 2.75) is 6.04 Å². The summed E-state index contributed by atoms with van der Waals surface area (Å²) in [7, 11) is 3.43. The van der Waals surface area contributed by atoms with Gasteiger partial charge in [0.1, 0.15) is 6.04 Å². The number of aliphatic carboxylic acids is 3. The van der Waals surface area contributed by atoms with Gasteiger partial charge in [-0.25, -0.2) is 0 Å². The van der Waals surface area contributed by atoms with E-state index in [9.17, 15) is 14.4 Å². The number of nitrogens with two attached hydrogens (primary N) is 2.